The van der Waals surface area contributed by atoms with E-state index in [9.17, 15) is 4.79 Å². The number of aromatic nitrogens is 1. The van der Waals surface area contributed by atoms with Crippen LogP contribution in [0.3, 0.4) is 0 Å². The minimum Gasteiger partial charge on any atom is -0.385 e. The number of halogens is 1. The molecule has 0 radical (unpaired) electrons. The average Bonchev–Trinajstić information content (AvgIpc) is 2.47. The molecule has 1 amide bonds. The summed E-state index contributed by atoms with van der Waals surface area (Å²) in [7, 11) is 1.78. The normalized spacial score (nSPS) is 10.2. The summed E-state index contributed by atoms with van der Waals surface area (Å²) in [5, 5.41) is 3.18. The Labute approximate surface area is 133 Å². The van der Waals surface area contributed by atoms with Gasteiger partial charge in [0.05, 0.1) is 0 Å². The number of nitrogens with one attached hydrogen (secondary N) is 1. The first kappa shape index (κ1) is 15.5. The van der Waals surface area contributed by atoms with E-state index in [1.165, 1.54) is 0 Å². The van der Waals surface area contributed by atoms with Crippen molar-refractivity contribution in [3.05, 3.63) is 58.3 Å². The molecule has 1 aromatic carbocycles. The smallest absolute Gasteiger partial charge is 0.272 e. The molecule has 21 heavy (non-hydrogen) atoms. The third-order valence-electron chi connectivity index (χ3n) is 3.02. The zero-order chi connectivity index (χ0) is 15.2. The number of benzene rings is 1. The van der Waals surface area contributed by atoms with Gasteiger partial charge in [0.25, 0.3) is 5.91 Å². The molecule has 5 heteroatoms. The van der Waals surface area contributed by atoms with Crippen molar-refractivity contribution in [3.8, 4) is 0 Å². The molecule has 0 unspecified atom stereocenters. The van der Waals surface area contributed by atoms with E-state index in [2.05, 4.69) is 26.2 Å². The van der Waals surface area contributed by atoms with Crippen LogP contribution in [0.4, 0.5) is 5.69 Å². The molecule has 0 bridgehead atoms. The first-order chi connectivity index (χ1) is 10.1. The third-order valence-corrected chi connectivity index (χ3v) is 3.51. The van der Waals surface area contributed by atoms with Gasteiger partial charge in [0.1, 0.15) is 5.69 Å². The number of nitrogens with zero attached hydrogens (tertiary/aromatic N) is 2. The first-order valence-electron chi connectivity index (χ1n) is 6.80. The molecule has 2 rings (SSSR count). The van der Waals surface area contributed by atoms with Crippen molar-refractivity contribution >= 4 is 27.5 Å². The van der Waals surface area contributed by atoms with Gasteiger partial charge in [0.15, 0.2) is 0 Å². The van der Waals surface area contributed by atoms with Gasteiger partial charge in [-0.3, -0.25) is 9.78 Å². The average molecular weight is 348 g/mol. The molecule has 0 spiro atoms. The minimum absolute atomic E-state index is 0.0882. The van der Waals surface area contributed by atoms with Crippen LogP contribution in [0.25, 0.3) is 0 Å². The number of hydrogen-bond acceptors (Lipinski definition) is 3. The van der Waals surface area contributed by atoms with Gasteiger partial charge < -0.3 is 10.2 Å². The monoisotopic (exact) mass is 347 g/mol. The van der Waals surface area contributed by atoms with Crippen LogP contribution in [0.15, 0.2) is 47.1 Å². The fourth-order valence-corrected chi connectivity index (χ4v) is 2.48. The first-order valence-corrected chi connectivity index (χ1v) is 7.59. The van der Waals surface area contributed by atoms with E-state index in [4.69, 9.17) is 0 Å². The zero-order valence-corrected chi connectivity index (χ0v) is 13.7. The summed E-state index contributed by atoms with van der Waals surface area (Å²) < 4.78 is 1.01. The number of carbonyl (C=O) groups is 1. The van der Waals surface area contributed by atoms with E-state index >= 15 is 0 Å². The Kier molecular flexibility index (Phi) is 5.33. The Hall–Kier alpha value is -1.88. The third kappa shape index (κ3) is 4.29. The topological polar surface area (TPSA) is 45.2 Å². The number of amides is 1. The molecule has 0 fully saturated rings. The lowest BCUT2D eigenvalue weighted by Gasteiger charge is -2.17. The Morgan fingerprint density at radius 1 is 1.33 bits per heavy atom. The van der Waals surface area contributed by atoms with Crippen molar-refractivity contribution in [3.63, 3.8) is 0 Å². The van der Waals surface area contributed by atoms with Crippen LogP contribution >= 0.6 is 15.9 Å². The van der Waals surface area contributed by atoms with E-state index in [1.807, 2.05) is 37.3 Å². The van der Waals surface area contributed by atoms with Crippen LogP contribution in [0.1, 0.15) is 23.0 Å². The number of rotatable bonds is 5. The highest BCUT2D eigenvalue weighted by Gasteiger charge is 2.14. The van der Waals surface area contributed by atoms with Crippen LogP contribution < -0.4 is 5.32 Å². The lowest BCUT2D eigenvalue weighted by atomic mass is 10.2. The predicted molar refractivity (Wildman–Crippen MR) is 88.3 cm³/mol. The lowest BCUT2D eigenvalue weighted by molar-refractivity contribution is 0.0779. The van der Waals surface area contributed by atoms with Gasteiger partial charge in [-0.05, 0) is 36.8 Å². The maximum Gasteiger partial charge on any atom is 0.272 e. The largest absolute Gasteiger partial charge is 0.385 e. The van der Waals surface area contributed by atoms with Crippen molar-refractivity contribution in [1.82, 2.24) is 9.88 Å². The van der Waals surface area contributed by atoms with Crippen LogP contribution in [0, 0.1) is 0 Å². The highest BCUT2D eigenvalue weighted by Crippen LogP contribution is 2.15. The summed E-state index contributed by atoms with van der Waals surface area (Å²) >= 11 is 3.44. The molecule has 110 valence electrons. The number of hydrogen-bond donors (Lipinski definition) is 1. The van der Waals surface area contributed by atoms with Crippen LogP contribution in [0.5, 0.6) is 0 Å². The highest BCUT2D eigenvalue weighted by molar-refractivity contribution is 9.10. The van der Waals surface area contributed by atoms with Crippen molar-refractivity contribution < 1.29 is 4.79 Å². The molecule has 1 heterocycles. The van der Waals surface area contributed by atoms with Crippen LogP contribution in [-0.4, -0.2) is 29.4 Å². The molecule has 0 aliphatic rings. The SMILES string of the molecule is CCNc1ccnc(C(=O)N(C)Cc2cccc(Br)c2)c1. The van der Waals surface area contributed by atoms with Gasteiger partial charge in [-0.25, -0.2) is 0 Å². The standard InChI is InChI=1S/C16H18BrN3O/c1-3-18-14-7-8-19-15(10-14)16(21)20(2)11-12-5-4-6-13(17)9-12/h4-10H,3,11H2,1-2H3,(H,18,19). The van der Waals surface area contributed by atoms with E-state index in [1.54, 1.807) is 24.2 Å². The number of anilines is 1. The Morgan fingerprint density at radius 2 is 2.14 bits per heavy atom. The molecular weight excluding hydrogens is 330 g/mol. The Balaban J connectivity index is 2.10. The van der Waals surface area contributed by atoms with Crippen molar-refractivity contribution in [1.29, 1.82) is 0 Å². The van der Waals surface area contributed by atoms with Crippen molar-refractivity contribution in [2.75, 3.05) is 18.9 Å². The fraction of sp³-hybridized carbons (Fsp3) is 0.250. The summed E-state index contributed by atoms with van der Waals surface area (Å²) in [6.45, 7) is 3.37. The molecule has 1 N–H and O–H groups in total. The number of pyridine rings is 1. The maximum absolute atomic E-state index is 12.4. The molecule has 1 aromatic heterocycles. The van der Waals surface area contributed by atoms with Crippen molar-refractivity contribution in [2.45, 2.75) is 13.5 Å². The molecule has 2 aromatic rings. The second-order valence-corrected chi connectivity index (χ2v) is 5.67. The quantitative estimate of drug-likeness (QED) is 0.899. The summed E-state index contributed by atoms with van der Waals surface area (Å²) in [4.78, 5) is 18.2. The fourth-order valence-electron chi connectivity index (χ4n) is 2.04. The van der Waals surface area contributed by atoms with E-state index in [-0.39, 0.29) is 5.91 Å². The summed E-state index contributed by atoms with van der Waals surface area (Å²) in [5.41, 5.74) is 2.43. The summed E-state index contributed by atoms with van der Waals surface area (Å²) in [6, 6.07) is 11.6. The Bertz CT molecular complexity index is 630. The second kappa shape index (κ2) is 7.22. The summed E-state index contributed by atoms with van der Waals surface area (Å²) in [5.74, 6) is -0.0882. The van der Waals surface area contributed by atoms with E-state index in [0.717, 1.165) is 22.3 Å². The maximum atomic E-state index is 12.4. The molecular formula is C16H18BrN3O. The van der Waals surface area contributed by atoms with Crippen LogP contribution in [-0.2, 0) is 6.54 Å². The van der Waals surface area contributed by atoms with Gasteiger partial charge >= 0.3 is 0 Å². The van der Waals surface area contributed by atoms with Gasteiger partial charge in [-0.15, -0.1) is 0 Å². The van der Waals surface area contributed by atoms with Gasteiger partial charge in [-0.2, -0.15) is 0 Å². The summed E-state index contributed by atoms with van der Waals surface area (Å²) in [6.07, 6.45) is 1.65. The molecule has 0 saturated heterocycles. The van der Waals surface area contributed by atoms with Crippen molar-refractivity contribution in [2.24, 2.45) is 0 Å². The molecule has 0 saturated carbocycles. The molecule has 0 aliphatic carbocycles. The predicted octanol–water partition coefficient (Wildman–Crippen LogP) is 3.55. The van der Waals surface area contributed by atoms with Gasteiger partial charge in [0, 0.05) is 36.5 Å². The second-order valence-electron chi connectivity index (χ2n) is 4.75. The molecule has 0 aliphatic heterocycles. The molecule has 4 nitrogen and oxygen atoms in total. The number of carbonyl (C=O) groups excluding carboxylic acids is 1. The van der Waals surface area contributed by atoms with Gasteiger partial charge in [-0.1, -0.05) is 28.1 Å². The minimum atomic E-state index is -0.0882. The lowest BCUT2D eigenvalue weighted by Crippen LogP contribution is -2.27. The van der Waals surface area contributed by atoms with Gasteiger partial charge in [0.2, 0.25) is 0 Å². The molecule has 0 atom stereocenters. The zero-order valence-electron chi connectivity index (χ0n) is 12.1. The Morgan fingerprint density at radius 3 is 2.86 bits per heavy atom. The highest BCUT2D eigenvalue weighted by atomic mass is 79.9. The van der Waals surface area contributed by atoms with E-state index in [0.29, 0.717) is 12.2 Å². The van der Waals surface area contributed by atoms with Crippen LogP contribution in [0.2, 0.25) is 0 Å². The van der Waals surface area contributed by atoms with E-state index < -0.39 is 0 Å².